The Labute approximate surface area is 98.6 Å². The second-order valence-electron chi connectivity index (χ2n) is 3.92. The molecule has 0 saturated heterocycles. The zero-order valence-electron chi connectivity index (χ0n) is 8.73. The monoisotopic (exact) mass is 229 g/mol. The van der Waals surface area contributed by atoms with Crippen molar-refractivity contribution in [2.45, 2.75) is 19.3 Å². The van der Waals surface area contributed by atoms with Crippen molar-refractivity contribution in [1.82, 2.24) is 15.0 Å². The Morgan fingerprint density at radius 3 is 3.00 bits per heavy atom. The first-order chi connectivity index (χ1) is 7.84. The van der Waals surface area contributed by atoms with Gasteiger partial charge in [-0.05, 0) is 31.4 Å². The molecule has 0 amide bonds. The minimum absolute atomic E-state index is 0.729. The SMILES string of the molecule is S=c1nc(-c2ccccn2)[nH]c2c1CCC2. The van der Waals surface area contributed by atoms with Crippen molar-refractivity contribution in [3.8, 4) is 11.5 Å². The van der Waals surface area contributed by atoms with Crippen LogP contribution in [0.15, 0.2) is 24.4 Å². The third-order valence-corrected chi connectivity index (χ3v) is 3.20. The smallest absolute Gasteiger partial charge is 0.157 e. The summed E-state index contributed by atoms with van der Waals surface area (Å²) in [5.74, 6) is 0.784. The molecule has 3 rings (SSSR count). The van der Waals surface area contributed by atoms with Crippen molar-refractivity contribution in [1.29, 1.82) is 0 Å². The molecule has 1 aliphatic carbocycles. The van der Waals surface area contributed by atoms with Crippen LogP contribution >= 0.6 is 12.2 Å². The van der Waals surface area contributed by atoms with Crippen molar-refractivity contribution in [3.63, 3.8) is 0 Å². The van der Waals surface area contributed by atoms with E-state index in [0.717, 1.165) is 29.0 Å². The molecular weight excluding hydrogens is 218 g/mol. The van der Waals surface area contributed by atoms with E-state index in [1.165, 1.54) is 17.7 Å². The maximum absolute atomic E-state index is 5.31. The lowest BCUT2D eigenvalue weighted by Gasteiger charge is -2.04. The van der Waals surface area contributed by atoms with Gasteiger partial charge in [0.2, 0.25) is 0 Å². The Morgan fingerprint density at radius 2 is 2.19 bits per heavy atom. The molecular formula is C12H11N3S. The standard InChI is InChI=1S/C12H11N3S/c16-12-8-4-3-6-9(8)14-11(15-12)10-5-1-2-7-13-10/h1-2,5,7H,3-4,6H2,(H,14,15,16). The number of aromatic amines is 1. The van der Waals surface area contributed by atoms with E-state index in [1.807, 2.05) is 18.2 Å². The van der Waals surface area contributed by atoms with Gasteiger partial charge in [0.1, 0.15) is 10.3 Å². The van der Waals surface area contributed by atoms with Crippen LogP contribution in [0.2, 0.25) is 0 Å². The topological polar surface area (TPSA) is 41.6 Å². The van der Waals surface area contributed by atoms with E-state index in [-0.39, 0.29) is 0 Å². The molecule has 0 atom stereocenters. The first-order valence-corrected chi connectivity index (χ1v) is 5.79. The summed E-state index contributed by atoms with van der Waals surface area (Å²) in [6, 6.07) is 5.79. The fraction of sp³-hybridized carbons (Fsp3) is 0.250. The number of aromatic nitrogens is 3. The number of nitrogens with one attached hydrogen (secondary N) is 1. The van der Waals surface area contributed by atoms with Crippen molar-refractivity contribution in [2.75, 3.05) is 0 Å². The highest BCUT2D eigenvalue weighted by atomic mass is 32.1. The van der Waals surface area contributed by atoms with E-state index >= 15 is 0 Å². The third kappa shape index (κ3) is 1.55. The molecule has 3 nitrogen and oxygen atoms in total. The highest BCUT2D eigenvalue weighted by molar-refractivity contribution is 7.71. The summed E-state index contributed by atoms with van der Waals surface area (Å²) in [5, 5.41) is 0. The van der Waals surface area contributed by atoms with Gasteiger partial charge in [-0.3, -0.25) is 4.98 Å². The molecule has 0 fully saturated rings. The van der Waals surface area contributed by atoms with Crippen LogP contribution in [0.5, 0.6) is 0 Å². The van der Waals surface area contributed by atoms with Crippen LogP contribution in [-0.4, -0.2) is 15.0 Å². The van der Waals surface area contributed by atoms with Crippen LogP contribution in [0, 0.1) is 4.64 Å². The lowest BCUT2D eigenvalue weighted by atomic mass is 10.2. The average molecular weight is 229 g/mol. The summed E-state index contributed by atoms with van der Waals surface area (Å²) in [6.07, 6.45) is 5.06. The molecule has 0 aliphatic heterocycles. The molecule has 2 heterocycles. The molecule has 0 unspecified atom stereocenters. The zero-order chi connectivity index (χ0) is 11.0. The highest BCUT2D eigenvalue weighted by Gasteiger charge is 2.15. The number of H-pyrrole nitrogens is 1. The van der Waals surface area contributed by atoms with E-state index < -0.39 is 0 Å². The van der Waals surface area contributed by atoms with Gasteiger partial charge in [-0.1, -0.05) is 18.3 Å². The van der Waals surface area contributed by atoms with Gasteiger partial charge in [0.25, 0.3) is 0 Å². The molecule has 0 bridgehead atoms. The van der Waals surface area contributed by atoms with Crippen molar-refractivity contribution < 1.29 is 0 Å². The molecule has 0 spiro atoms. The molecule has 16 heavy (non-hydrogen) atoms. The van der Waals surface area contributed by atoms with E-state index in [0.29, 0.717) is 0 Å². The second kappa shape index (κ2) is 3.79. The number of hydrogen-bond donors (Lipinski definition) is 1. The summed E-state index contributed by atoms with van der Waals surface area (Å²) in [6.45, 7) is 0. The minimum atomic E-state index is 0.729. The molecule has 2 aromatic heterocycles. The summed E-state index contributed by atoms with van der Waals surface area (Å²) < 4.78 is 0.729. The number of rotatable bonds is 1. The number of nitrogens with zero attached hydrogens (tertiary/aromatic N) is 2. The van der Waals surface area contributed by atoms with Crippen LogP contribution in [0.25, 0.3) is 11.5 Å². The predicted molar refractivity (Wildman–Crippen MR) is 64.7 cm³/mol. The third-order valence-electron chi connectivity index (χ3n) is 2.87. The molecule has 0 saturated carbocycles. The number of fused-ring (bicyclic) bond motifs is 1. The zero-order valence-corrected chi connectivity index (χ0v) is 9.55. The van der Waals surface area contributed by atoms with Gasteiger partial charge in [0.05, 0.1) is 0 Å². The molecule has 0 aromatic carbocycles. The largest absolute Gasteiger partial charge is 0.342 e. The predicted octanol–water partition coefficient (Wildman–Crippen LogP) is 2.69. The van der Waals surface area contributed by atoms with Gasteiger partial charge in [0, 0.05) is 17.5 Å². The van der Waals surface area contributed by atoms with Crippen molar-refractivity contribution in [3.05, 3.63) is 40.3 Å². The minimum Gasteiger partial charge on any atom is -0.342 e. The van der Waals surface area contributed by atoms with Gasteiger partial charge >= 0.3 is 0 Å². The fourth-order valence-electron chi connectivity index (χ4n) is 2.08. The lowest BCUT2D eigenvalue weighted by Crippen LogP contribution is -1.98. The Bertz CT molecular complexity index is 575. The number of pyridine rings is 1. The van der Waals surface area contributed by atoms with Crippen LogP contribution in [-0.2, 0) is 12.8 Å². The highest BCUT2D eigenvalue weighted by Crippen LogP contribution is 2.22. The van der Waals surface area contributed by atoms with Gasteiger partial charge in [-0.2, -0.15) is 0 Å². The average Bonchev–Trinajstić information content (AvgIpc) is 2.79. The molecule has 1 aliphatic rings. The van der Waals surface area contributed by atoms with Gasteiger partial charge in [-0.25, -0.2) is 4.98 Å². The number of aryl methyl sites for hydroxylation is 1. The van der Waals surface area contributed by atoms with Gasteiger partial charge in [0.15, 0.2) is 5.82 Å². The molecule has 80 valence electrons. The van der Waals surface area contributed by atoms with Crippen molar-refractivity contribution in [2.24, 2.45) is 0 Å². The van der Waals surface area contributed by atoms with Gasteiger partial charge in [-0.15, -0.1) is 0 Å². The van der Waals surface area contributed by atoms with Crippen LogP contribution in [0.1, 0.15) is 17.7 Å². The second-order valence-corrected chi connectivity index (χ2v) is 4.30. The fourth-order valence-corrected chi connectivity index (χ4v) is 2.40. The molecule has 0 radical (unpaired) electrons. The van der Waals surface area contributed by atoms with E-state index in [9.17, 15) is 0 Å². The van der Waals surface area contributed by atoms with Crippen LogP contribution in [0.4, 0.5) is 0 Å². The van der Waals surface area contributed by atoms with Crippen molar-refractivity contribution >= 4 is 12.2 Å². The maximum Gasteiger partial charge on any atom is 0.157 e. The molecule has 2 aromatic rings. The Kier molecular flexibility index (Phi) is 2.29. The number of hydrogen-bond acceptors (Lipinski definition) is 3. The Balaban J connectivity index is 2.17. The summed E-state index contributed by atoms with van der Waals surface area (Å²) >= 11 is 5.31. The quantitative estimate of drug-likeness (QED) is 0.764. The first kappa shape index (κ1) is 9.66. The summed E-state index contributed by atoms with van der Waals surface area (Å²) in [5.41, 5.74) is 3.30. The summed E-state index contributed by atoms with van der Waals surface area (Å²) in [4.78, 5) is 12.0. The van der Waals surface area contributed by atoms with E-state index in [4.69, 9.17) is 12.2 Å². The van der Waals surface area contributed by atoms with Gasteiger partial charge < -0.3 is 4.98 Å². The van der Waals surface area contributed by atoms with Crippen LogP contribution in [0.3, 0.4) is 0 Å². The lowest BCUT2D eigenvalue weighted by molar-refractivity contribution is 0.899. The Morgan fingerprint density at radius 1 is 1.25 bits per heavy atom. The first-order valence-electron chi connectivity index (χ1n) is 5.38. The Hall–Kier alpha value is -1.55. The van der Waals surface area contributed by atoms with E-state index in [2.05, 4.69) is 15.0 Å². The van der Waals surface area contributed by atoms with E-state index in [1.54, 1.807) is 6.20 Å². The normalized spacial score (nSPS) is 13.8. The maximum atomic E-state index is 5.31. The summed E-state index contributed by atoms with van der Waals surface area (Å²) in [7, 11) is 0. The molecule has 1 N–H and O–H groups in total. The molecule has 4 heteroatoms. The van der Waals surface area contributed by atoms with Crippen LogP contribution < -0.4 is 0 Å².